The van der Waals surface area contributed by atoms with Crippen molar-refractivity contribution in [1.82, 2.24) is 0 Å². The molecule has 0 amide bonds. The Kier molecular flexibility index (Phi) is 7.44. The van der Waals surface area contributed by atoms with Gasteiger partial charge in [0.15, 0.2) is 0 Å². The number of hydrogen-bond acceptors (Lipinski definition) is 0. The fraction of sp³-hybridized carbons (Fsp3) is 1.00. The van der Waals surface area contributed by atoms with Crippen molar-refractivity contribution in [2.45, 2.75) is 58.2 Å². The summed E-state index contributed by atoms with van der Waals surface area (Å²) in [7, 11) is 0. The predicted molar refractivity (Wildman–Crippen MR) is 56.8 cm³/mol. The molecule has 0 aliphatic carbocycles. The second kappa shape index (κ2) is 6.70. The molecule has 0 atom stereocenters. The Labute approximate surface area is 89.4 Å². The van der Waals surface area contributed by atoms with Crippen LogP contribution in [0.3, 0.4) is 0 Å². The average Bonchev–Trinajstić information content (AvgIpc) is 1.97. The molecule has 0 aromatic heterocycles. The van der Waals surface area contributed by atoms with E-state index in [2.05, 4.69) is 20.4 Å². The normalized spacial score (nSPS) is 12.1. The van der Waals surface area contributed by atoms with Crippen LogP contribution in [0.5, 0.6) is 0 Å². The van der Waals surface area contributed by atoms with E-state index in [1.807, 2.05) is 0 Å². The molecule has 0 saturated carbocycles. The van der Waals surface area contributed by atoms with Crippen LogP contribution in [0.2, 0.25) is 18.6 Å². The van der Waals surface area contributed by atoms with Crippen molar-refractivity contribution in [3.05, 3.63) is 0 Å². The average molecular weight is 180 g/mol. The molecule has 0 spiro atoms. The summed E-state index contributed by atoms with van der Waals surface area (Å²) in [6.45, 7) is 7.22. The first-order valence-corrected chi connectivity index (χ1v) is 11.5. The number of rotatable bonds is 6. The zero-order valence-electron chi connectivity index (χ0n) is 8.74. The van der Waals surface area contributed by atoms with Crippen molar-refractivity contribution in [2.75, 3.05) is 0 Å². The van der Waals surface area contributed by atoms with Crippen LogP contribution >= 0.6 is 0 Å². The van der Waals surface area contributed by atoms with Crippen molar-refractivity contribution in [3.8, 4) is 0 Å². The summed E-state index contributed by atoms with van der Waals surface area (Å²) in [4.78, 5) is 0. The first-order chi connectivity index (χ1) is 5.12. The molecule has 0 aromatic carbocycles. The molecular formula is C9H21NaSi. The van der Waals surface area contributed by atoms with Crippen LogP contribution in [0.15, 0.2) is 0 Å². The fourth-order valence-electron chi connectivity index (χ4n) is 1.44. The zero-order chi connectivity index (χ0) is 8.74. The molecule has 0 fully saturated rings. The van der Waals surface area contributed by atoms with Gasteiger partial charge in [0, 0.05) is 0 Å². The van der Waals surface area contributed by atoms with Gasteiger partial charge >= 0.3 is 89.8 Å². The van der Waals surface area contributed by atoms with Crippen LogP contribution < -0.4 is 0 Å². The van der Waals surface area contributed by atoms with Crippen molar-refractivity contribution in [1.29, 1.82) is 0 Å². The molecule has 0 radical (unpaired) electrons. The summed E-state index contributed by atoms with van der Waals surface area (Å²) in [6.07, 6.45) is 5.79. The Morgan fingerprint density at radius 3 is 1.64 bits per heavy atom. The molecule has 0 unspecified atom stereocenters. The van der Waals surface area contributed by atoms with Gasteiger partial charge in [-0.1, -0.05) is 0 Å². The summed E-state index contributed by atoms with van der Waals surface area (Å²) in [5.74, 6) is 0. The van der Waals surface area contributed by atoms with Crippen molar-refractivity contribution >= 4 is 31.7 Å². The minimum atomic E-state index is -0.606. The second-order valence-electron chi connectivity index (χ2n) is 4.37. The molecular weight excluding hydrogens is 159 g/mol. The maximum absolute atomic E-state index is 2.60. The Morgan fingerprint density at radius 1 is 1.00 bits per heavy atom. The van der Waals surface area contributed by atoms with Gasteiger partial charge in [-0.25, -0.2) is 0 Å². The molecule has 0 saturated heterocycles. The van der Waals surface area contributed by atoms with E-state index in [-0.39, 0.29) is 0 Å². The van der Waals surface area contributed by atoms with Gasteiger partial charge in [0.1, 0.15) is 0 Å². The summed E-state index contributed by atoms with van der Waals surface area (Å²) in [5, 5.41) is 0. The summed E-state index contributed by atoms with van der Waals surface area (Å²) >= 11 is 1.52. The van der Waals surface area contributed by atoms with E-state index in [4.69, 9.17) is 0 Å². The molecule has 0 aliphatic heterocycles. The van der Waals surface area contributed by atoms with Gasteiger partial charge in [0.2, 0.25) is 0 Å². The standard InChI is InChI=1S/C9H21Si.Na/c1-4-6-8-10(3)9-7-5-2;/h4-9H2,1-3H3;. The van der Waals surface area contributed by atoms with Gasteiger partial charge in [0.25, 0.3) is 0 Å². The zero-order valence-corrected chi connectivity index (χ0v) is 11.7. The van der Waals surface area contributed by atoms with E-state index in [1.165, 1.54) is 52.7 Å². The summed E-state index contributed by atoms with van der Waals surface area (Å²) in [6, 6.07) is 3.21. The third-order valence-electron chi connectivity index (χ3n) is 2.41. The molecule has 62 valence electrons. The Balaban J connectivity index is 3.43. The number of hydrogen-bond donors (Lipinski definition) is 0. The number of unbranched alkanes of at least 4 members (excludes halogenated alkanes) is 2. The molecule has 0 aromatic rings. The topological polar surface area (TPSA) is 0 Å². The van der Waals surface area contributed by atoms with E-state index in [9.17, 15) is 0 Å². The van der Waals surface area contributed by atoms with Crippen LogP contribution in [0.25, 0.3) is 0 Å². The van der Waals surface area contributed by atoms with Gasteiger partial charge in [-0.2, -0.15) is 0 Å². The van der Waals surface area contributed by atoms with Crippen LogP contribution in [0.1, 0.15) is 39.5 Å². The first kappa shape index (κ1) is 12.2. The minimum absolute atomic E-state index is 0.606. The van der Waals surface area contributed by atoms with Gasteiger partial charge in [-0.3, -0.25) is 0 Å². The van der Waals surface area contributed by atoms with Crippen molar-refractivity contribution in [2.24, 2.45) is 0 Å². The van der Waals surface area contributed by atoms with Crippen molar-refractivity contribution in [3.63, 3.8) is 0 Å². The quantitative estimate of drug-likeness (QED) is 0.550. The summed E-state index contributed by atoms with van der Waals surface area (Å²) < 4.78 is -0.606. The monoisotopic (exact) mass is 180 g/mol. The molecule has 0 nitrogen and oxygen atoms in total. The van der Waals surface area contributed by atoms with Crippen LogP contribution in [0.4, 0.5) is 0 Å². The molecule has 11 heavy (non-hydrogen) atoms. The third-order valence-corrected chi connectivity index (χ3v) is 8.83. The predicted octanol–water partition coefficient (Wildman–Crippen LogP) is 3.33. The van der Waals surface area contributed by atoms with E-state index < -0.39 is 4.63 Å². The van der Waals surface area contributed by atoms with Crippen LogP contribution in [-0.4, -0.2) is 31.7 Å². The van der Waals surface area contributed by atoms with Crippen LogP contribution in [-0.2, 0) is 0 Å². The van der Waals surface area contributed by atoms with Crippen molar-refractivity contribution < 1.29 is 0 Å². The van der Waals surface area contributed by atoms with Crippen LogP contribution in [0, 0.1) is 0 Å². The Morgan fingerprint density at radius 2 is 1.36 bits per heavy atom. The third kappa shape index (κ3) is 7.57. The molecule has 0 heterocycles. The molecule has 0 rings (SSSR count). The Hall–Kier alpha value is 1.22. The van der Waals surface area contributed by atoms with Gasteiger partial charge in [-0.05, 0) is 0 Å². The van der Waals surface area contributed by atoms with E-state index in [1.54, 1.807) is 12.1 Å². The fourth-order valence-corrected chi connectivity index (χ4v) is 6.43. The van der Waals surface area contributed by atoms with Gasteiger partial charge in [0.05, 0.1) is 0 Å². The Bertz CT molecular complexity index is 81.6. The SMILES string of the molecule is CCCC[Si](C)([Na])CCCC. The van der Waals surface area contributed by atoms with E-state index in [0.717, 1.165) is 0 Å². The maximum atomic E-state index is 2.60. The second-order valence-corrected chi connectivity index (χ2v) is 16.9. The first-order valence-electron chi connectivity index (χ1n) is 5.12. The molecule has 0 aliphatic rings. The van der Waals surface area contributed by atoms with E-state index in [0.29, 0.717) is 0 Å². The molecule has 2 heteroatoms. The van der Waals surface area contributed by atoms with Gasteiger partial charge in [-0.15, -0.1) is 0 Å². The van der Waals surface area contributed by atoms with E-state index >= 15 is 0 Å². The molecule has 0 N–H and O–H groups in total. The van der Waals surface area contributed by atoms with Gasteiger partial charge < -0.3 is 0 Å². The summed E-state index contributed by atoms with van der Waals surface area (Å²) in [5.41, 5.74) is 0. The molecule has 0 bridgehead atoms.